The van der Waals surface area contributed by atoms with Crippen LogP contribution in [0.15, 0.2) is 54.6 Å². The summed E-state index contributed by atoms with van der Waals surface area (Å²) in [5.41, 5.74) is 2.17. The van der Waals surface area contributed by atoms with Crippen LogP contribution >= 0.6 is 11.6 Å². The summed E-state index contributed by atoms with van der Waals surface area (Å²) in [6, 6.07) is 17.8. The Kier molecular flexibility index (Phi) is 6.70. The molecule has 138 valence electrons. The molecule has 2 aromatic carbocycles. The summed E-state index contributed by atoms with van der Waals surface area (Å²) in [5.74, 6) is 0.0812. The maximum atomic E-state index is 13.1. The Bertz CT molecular complexity index is 696. The van der Waals surface area contributed by atoms with Gasteiger partial charge in [0.1, 0.15) is 6.04 Å². The molecule has 0 aliphatic heterocycles. The van der Waals surface area contributed by atoms with Gasteiger partial charge < -0.3 is 5.32 Å². The molecule has 1 saturated carbocycles. The monoisotopic (exact) mass is 370 g/mol. The van der Waals surface area contributed by atoms with E-state index in [4.69, 9.17) is 11.6 Å². The molecule has 4 heteroatoms. The molecule has 1 amide bonds. The molecule has 0 unspecified atom stereocenters. The van der Waals surface area contributed by atoms with E-state index in [-0.39, 0.29) is 11.9 Å². The molecule has 3 rings (SSSR count). The maximum Gasteiger partial charge on any atom is 0.242 e. The highest BCUT2D eigenvalue weighted by Crippen LogP contribution is 2.25. The fourth-order valence-electron chi connectivity index (χ4n) is 3.74. The summed E-state index contributed by atoms with van der Waals surface area (Å²) in [7, 11) is 2.01. The summed E-state index contributed by atoms with van der Waals surface area (Å²) in [6.07, 6.45) is 5.86. The van der Waals surface area contributed by atoms with Gasteiger partial charge >= 0.3 is 0 Å². The van der Waals surface area contributed by atoms with Crippen molar-refractivity contribution < 1.29 is 4.79 Å². The van der Waals surface area contributed by atoms with Gasteiger partial charge in [-0.05, 0) is 43.1 Å². The first-order valence-corrected chi connectivity index (χ1v) is 9.81. The highest BCUT2D eigenvalue weighted by atomic mass is 35.5. The van der Waals surface area contributed by atoms with E-state index in [2.05, 4.69) is 22.3 Å². The third-order valence-corrected chi connectivity index (χ3v) is 5.35. The molecule has 2 aromatic rings. The molecule has 1 atom stereocenters. The van der Waals surface area contributed by atoms with Gasteiger partial charge in [-0.1, -0.05) is 73.3 Å². The van der Waals surface area contributed by atoms with Crippen LogP contribution in [0.25, 0.3) is 0 Å². The predicted molar refractivity (Wildman–Crippen MR) is 107 cm³/mol. The minimum atomic E-state index is -0.325. The first-order chi connectivity index (χ1) is 12.6. The number of benzene rings is 2. The lowest BCUT2D eigenvalue weighted by molar-refractivity contribution is -0.127. The molecule has 0 bridgehead atoms. The van der Waals surface area contributed by atoms with Crippen molar-refractivity contribution in [1.82, 2.24) is 10.2 Å². The Balaban J connectivity index is 1.78. The van der Waals surface area contributed by atoms with Gasteiger partial charge in [-0.25, -0.2) is 0 Å². The quantitative estimate of drug-likeness (QED) is 0.779. The Morgan fingerprint density at radius 3 is 2.38 bits per heavy atom. The van der Waals surface area contributed by atoms with Crippen molar-refractivity contribution in [2.75, 3.05) is 7.05 Å². The van der Waals surface area contributed by atoms with Crippen molar-refractivity contribution in [3.8, 4) is 0 Å². The van der Waals surface area contributed by atoms with Gasteiger partial charge in [0, 0.05) is 17.6 Å². The van der Waals surface area contributed by atoms with Gasteiger partial charge in [0.15, 0.2) is 0 Å². The summed E-state index contributed by atoms with van der Waals surface area (Å²) < 4.78 is 0. The zero-order valence-electron chi connectivity index (χ0n) is 15.3. The van der Waals surface area contributed by atoms with Crippen molar-refractivity contribution in [1.29, 1.82) is 0 Å². The van der Waals surface area contributed by atoms with E-state index < -0.39 is 0 Å². The highest BCUT2D eigenvalue weighted by molar-refractivity contribution is 6.30. The normalized spacial score (nSPS) is 16.4. The van der Waals surface area contributed by atoms with E-state index in [1.165, 1.54) is 24.8 Å². The van der Waals surface area contributed by atoms with Gasteiger partial charge in [-0.2, -0.15) is 0 Å². The minimum absolute atomic E-state index is 0.0812. The second kappa shape index (κ2) is 9.20. The van der Waals surface area contributed by atoms with Crippen LogP contribution in [-0.2, 0) is 11.3 Å². The topological polar surface area (TPSA) is 32.3 Å². The van der Waals surface area contributed by atoms with E-state index in [0.29, 0.717) is 17.6 Å². The number of carbonyl (C=O) groups excluding carboxylic acids is 1. The Labute approximate surface area is 161 Å². The van der Waals surface area contributed by atoms with Crippen LogP contribution in [0.1, 0.15) is 49.3 Å². The lowest BCUT2D eigenvalue weighted by atomic mass is 9.94. The standard InChI is InChI=1S/C22H27ClN2O/c1-25(16-17-8-4-2-5-9-17)21(18-12-14-19(23)15-13-18)22(26)24-20-10-6-3-7-11-20/h2,4-5,8-9,12-15,20-21H,3,6-7,10-11,16H2,1H3,(H,24,26)/t21-/m0/s1. The van der Waals surface area contributed by atoms with Crippen LogP contribution < -0.4 is 5.32 Å². The molecule has 1 aliphatic rings. The molecule has 0 saturated heterocycles. The van der Waals surface area contributed by atoms with E-state index in [1.807, 2.05) is 49.5 Å². The first-order valence-electron chi connectivity index (χ1n) is 9.43. The number of hydrogen-bond acceptors (Lipinski definition) is 2. The predicted octanol–water partition coefficient (Wildman–Crippen LogP) is 4.96. The number of carbonyl (C=O) groups is 1. The number of amides is 1. The van der Waals surface area contributed by atoms with Gasteiger partial charge in [0.25, 0.3) is 0 Å². The SMILES string of the molecule is CN(Cc1ccccc1)[C@H](C(=O)NC1CCCCC1)c1ccc(Cl)cc1. The van der Waals surface area contributed by atoms with Crippen molar-refractivity contribution >= 4 is 17.5 Å². The van der Waals surface area contributed by atoms with Crippen molar-refractivity contribution in [3.05, 3.63) is 70.7 Å². The molecule has 0 spiro atoms. The molecule has 0 heterocycles. The van der Waals surface area contributed by atoms with Crippen molar-refractivity contribution in [2.24, 2.45) is 0 Å². The lowest BCUT2D eigenvalue weighted by Gasteiger charge is -2.31. The van der Waals surface area contributed by atoms with Crippen molar-refractivity contribution in [3.63, 3.8) is 0 Å². The van der Waals surface area contributed by atoms with Crippen LogP contribution in [0.3, 0.4) is 0 Å². The molecule has 0 radical (unpaired) electrons. The van der Waals surface area contributed by atoms with Gasteiger partial charge in [-0.3, -0.25) is 9.69 Å². The molecule has 1 aliphatic carbocycles. The number of likely N-dealkylation sites (N-methyl/N-ethyl adjacent to an activating group) is 1. The summed E-state index contributed by atoms with van der Waals surface area (Å²) in [4.78, 5) is 15.3. The number of halogens is 1. The highest BCUT2D eigenvalue weighted by Gasteiger charge is 2.27. The first kappa shape index (κ1) is 18.9. The van der Waals surface area contributed by atoms with E-state index in [1.54, 1.807) is 0 Å². The minimum Gasteiger partial charge on any atom is -0.352 e. The summed E-state index contributed by atoms with van der Waals surface area (Å²) >= 11 is 6.05. The second-order valence-electron chi connectivity index (χ2n) is 7.20. The number of hydrogen-bond donors (Lipinski definition) is 1. The Morgan fingerprint density at radius 2 is 1.73 bits per heavy atom. The molecule has 1 N–H and O–H groups in total. The molecule has 26 heavy (non-hydrogen) atoms. The van der Waals surface area contributed by atoms with Gasteiger partial charge in [0.2, 0.25) is 5.91 Å². The zero-order valence-corrected chi connectivity index (χ0v) is 16.1. The largest absolute Gasteiger partial charge is 0.352 e. The number of rotatable bonds is 6. The van der Waals surface area contributed by atoms with Gasteiger partial charge in [0.05, 0.1) is 0 Å². The zero-order chi connectivity index (χ0) is 18.4. The lowest BCUT2D eigenvalue weighted by Crippen LogP contribution is -2.43. The Morgan fingerprint density at radius 1 is 1.08 bits per heavy atom. The average Bonchev–Trinajstić information content (AvgIpc) is 2.65. The fraction of sp³-hybridized carbons (Fsp3) is 0.409. The van der Waals surface area contributed by atoms with Gasteiger partial charge in [-0.15, -0.1) is 0 Å². The summed E-state index contributed by atoms with van der Waals surface area (Å²) in [6.45, 7) is 0.715. The van der Waals surface area contributed by atoms with Crippen LogP contribution in [-0.4, -0.2) is 23.9 Å². The van der Waals surface area contributed by atoms with E-state index >= 15 is 0 Å². The van der Waals surface area contributed by atoms with Crippen LogP contribution in [0.5, 0.6) is 0 Å². The summed E-state index contributed by atoms with van der Waals surface area (Å²) in [5, 5.41) is 3.97. The Hall–Kier alpha value is -1.84. The molecular formula is C22H27ClN2O. The van der Waals surface area contributed by atoms with Crippen LogP contribution in [0.2, 0.25) is 5.02 Å². The third-order valence-electron chi connectivity index (χ3n) is 5.10. The number of nitrogens with one attached hydrogen (secondary N) is 1. The van der Waals surface area contributed by atoms with E-state index in [9.17, 15) is 4.79 Å². The van der Waals surface area contributed by atoms with Crippen molar-refractivity contribution in [2.45, 2.75) is 50.7 Å². The van der Waals surface area contributed by atoms with E-state index in [0.717, 1.165) is 18.4 Å². The molecule has 1 fully saturated rings. The third kappa shape index (κ3) is 5.09. The van der Waals surface area contributed by atoms with Crippen LogP contribution in [0.4, 0.5) is 0 Å². The smallest absolute Gasteiger partial charge is 0.242 e. The fourth-order valence-corrected chi connectivity index (χ4v) is 3.87. The molecular weight excluding hydrogens is 344 g/mol. The maximum absolute atomic E-state index is 13.1. The molecule has 3 nitrogen and oxygen atoms in total. The second-order valence-corrected chi connectivity index (χ2v) is 7.63. The van der Waals surface area contributed by atoms with Crippen LogP contribution in [0, 0.1) is 0 Å². The molecule has 0 aromatic heterocycles. The average molecular weight is 371 g/mol. The number of nitrogens with zero attached hydrogens (tertiary/aromatic N) is 1.